The standard InChI is InChI=1S/C25H27N5O4S2/c1-5-34-23(33)13-6-9-16-18(10-13)36-24(26-16)27-19(31)12-30-22(32)20-15-8-7-14(25(2,3)4)11-17(15)35-21(20)28-29-30/h6,9-10,14H,5,7-8,11-12H2,1-4H3,(H,26,27,31). The largest absolute Gasteiger partial charge is 0.462 e. The number of aromatic nitrogens is 4. The van der Waals surface area contributed by atoms with Gasteiger partial charge in [-0.15, -0.1) is 16.4 Å². The van der Waals surface area contributed by atoms with E-state index in [9.17, 15) is 14.4 Å². The van der Waals surface area contributed by atoms with Crippen LogP contribution in [0.5, 0.6) is 0 Å². The fraction of sp³-hybridized carbons (Fsp3) is 0.440. The van der Waals surface area contributed by atoms with Crippen molar-refractivity contribution in [2.45, 2.75) is 53.5 Å². The highest BCUT2D eigenvalue weighted by atomic mass is 32.1. The fourth-order valence-corrected chi connectivity index (χ4v) is 6.74. The van der Waals surface area contributed by atoms with E-state index in [1.54, 1.807) is 36.5 Å². The van der Waals surface area contributed by atoms with Crippen LogP contribution in [0.2, 0.25) is 0 Å². The van der Waals surface area contributed by atoms with Gasteiger partial charge in [-0.3, -0.25) is 9.59 Å². The maximum atomic E-state index is 13.3. The zero-order chi connectivity index (χ0) is 25.6. The van der Waals surface area contributed by atoms with Crippen LogP contribution in [0.3, 0.4) is 0 Å². The quantitative estimate of drug-likeness (QED) is 0.383. The van der Waals surface area contributed by atoms with Crippen LogP contribution < -0.4 is 10.9 Å². The third-order valence-corrected chi connectivity index (χ3v) is 8.67. The zero-order valence-corrected chi connectivity index (χ0v) is 22.2. The number of ether oxygens (including phenoxy) is 1. The number of anilines is 1. The highest BCUT2D eigenvalue weighted by molar-refractivity contribution is 7.22. The van der Waals surface area contributed by atoms with E-state index in [1.165, 1.54) is 16.2 Å². The molecule has 1 N–H and O–H groups in total. The predicted octanol–water partition coefficient (Wildman–Crippen LogP) is 4.43. The van der Waals surface area contributed by atoms with E-state index < -0.39 is 11.9 Å². The molecule has 0 aliphatic heterocycles. The Labute approximate surface area is 215 Å². The van der Waals surface area contributed by atoms with Gasteiger partial charge in [0.15, 0.2) is 9.96 Å². The molecule has 0 radical (unpaired) electrons. The van der Waals surface area contributed by atoms with E-state index in [4.69, 9.17) is 4.74 Å². The average molecular weight is 526 g/mol. The summed E-state index contributed by atoms with van der Waals surface area (Å²) < 4.78 is 6.90. The van der Waals surface area contributed by atoms with E-state index in [2.05, 4.69) is 41.4 Å². The number of amides is 1. The summed E-state index contributed by atoms with van der Waals surface area (Å²) in [5.41, 5.74) is 2.06. The van der Waals surface area contributed by atoms with E-state index in [0.29, 0.717) is 39.0 Å². The fourth-order valence-electron chi connectivity index (χ4n) is 4.58. The molecule has 0 bridgehead atoms. The first-order chi connectivity index (χ1) is 17.1. The van der Waals surface area contributed by atoms with Crippen molar-refractivity contribution in [2.24, 2.45) is 11.3 Å². The number of esters is 1. The second-order valence-corrected chi connectivity index (χ2v) is 12.1. The molecule has 0 saturated carbocycles. The van der Waals surface area contributed by atoms with Crippen LogP contribution in [-0.4, -0.2) is 38.5 Å². The number of nitrogens with zero attached hydrogens (tertiary/aromatic N) is 4. The lowest BCUT2D eigenvalue weighted by Gasteiger charge is -2.33. The van der Waals surface area contributed by atoms with Crippen molar-refractivity contribution in [2.75, 3.05) is 11.9 Å². The number of rotatable bonds is 5. The van der Waals surface area contributed by atoms with Crippen molar-refractivity contribution in [3.05, 3.63) is 44.6 Å². The second kappa shape index (κ2) is 9.36. The van der Waals surface area contributed by atoms with E-state index in [-0.39, 0.29) is 17.5 Å². The van der Waals surface area contributed by atoms with Gasteiger partial charge in [0, 0.05) is 4.88 Å². The Balaban J connectivity index is 1.34. The summed E-state index contributed by atoms with van der Waals surface area (Å²) in [7, 11) is 0. The lowest BCUT2D eigenvalue weighted by atomic mass is 9.72. The number of hydrogen-bond acceptors (Lipinski definition) is 9. The topological polar surface area (TPSA) is 116 Å². The van der Waals surface area contributed by atoms with Gasteiger partial charge in [0.25, 0.3) is 5.56 Å². The lowest BCUT2D eigenvalue weighted by molar-refractivity contribution is -0.117. The van der Waals surface area contributed by atoms with Crippen molar-refractivity contribution < 1.29 is 14.3 Å². The molecule has 1 unspecified atom stereocenters. The van der Waals surface area contributed by atoms with Gasteiger partial charge in [0.2, 0.25) is 5.91 Å². The molecule has 3 aromatic heterocycles. The van der Waals surface area contributed by atoms with E-state index >= 15 is 0 Å². The molecule has 9 nitrogen and oxygen atoms in total. The van der Waals surface area contributed by atoms with Gasteiger partial charge in [-0.1, -0.05) is 37.3 Å². The number of thiazole rings is 1. The Morgan fingerprint density at radius 3 is 2.81 bits per heavy atom. The Bertz CT molecular complexity index is 1550. The molecule has 11 heteroatoms. The summed E-state index contributed by atoms with van der Waals surface area (Å²) in [5, 5.41) is 12.0. The highest BCUT2D eigenvalue weighted by Gasteiger charge is 2.32. The van der Waals surface area contributed by atoms with Gasteiger partial charge < -0.3 is 10.1 Å². The van der Waals surface area contributed by atoms with Crippen molar-refractivity contribution in [1.29, 1.82) is 0 Å². The van der Waals surface area contributed by atoms with E-state index in [1.807, 2.05) is 0 Å². The monoisotopic (exact) mass is 525 g/mol. The van der Waals surface area contributed by atoms with Crippen LogP contribution in [0.25, 0.3) is 20.4 Å². The number of benzene rings is 1. The van der Waals surface area contributed by atoms with Gasteiger partial charge in [-0.05, 0) is 61.3 Å². The van der Waals surface area contributed by atoms with Crippen molar-refractivity contribution in [1.82, 2.24) is 20.0 Å². The third-order valence-electron chi connectivity index (χ3n) is 6.60. The smallest absolute Gasteiger partial charge is 0.338 e. The van der Waals surface area contributed by atoms with Crippen LogP contribution in [0, 0.1) is 11.3 Å². The molecule has 1 atom stereocenters. The summed E-state index contributed by atoms with van der Waals surface area (Å²) >= 11 is 2.79. The van der Waals surface area contributed by atoms with Gasteiger partial charge in [0.1, 0.15) is 6.54 Å². The Hall–Kier alpha value is -3.18. The first-order valence-electron chi connectivity index (χ1n) is 11.9. The van der Waals surface area contributed by atoms with Crippen LogP contribution >= 0.6 is 22.7 Å². The minimum Gasteiger partial charge on any atom is -0.462 e. The number of carbonyl (C=O) groups excluding carboxylic acids is 2. The van der Waals surface area contributed by atoms with Crippen molar-refractivity contribution >= 4 is 60.1 Å². The normalized spacial score (nSPS) is 15.7. The number of fused-ring (bicyclic) bond motifs is 4. The summed E-state index contributed by atoms with van der Waals surface area (Å²) in [4.78, 5) is 44.2. The maximum absolute atomic E-state index is 13.3. The van der Waals surface area contributed by atoms with Crippen LogP contribution in [0.4, 0.5) is 5.13 Å². The van der Waals surface area contributed by atoms with Crippen LogP contribution in [0.1, 0.15) is 54.9 Å². The van der Waals surface area contributed by atoms with Gasteiger partial charge in [-0.2, -0.15) is 0 Å². The Morgan fingerprint density at radius 2 is 2.06 bits per heavy atom. The molecular weight excluding hydrogens is 498 g/mol. The number of carbonyl (C=O) groups is 2. The molecule has 1 aliphatic rings. The summed E-state index contributed by atoms with van der Waals surface area (Å²) in [5.74, 6) is -0.273. The molecule has 3 heterocycles. The van der Waals surface area contributed by atoms with Gasteiger partial charge in [-0.25, -0.2) is 14.5 Å². The summed E-state index contributed by atoms with van der Waals surface area (Å²) in [6.07, 6.45) is 2.80. The number of hydrogen-bond donors (Lipinski definition) is 1. The molecule has 4 aromatic rings. The molecule has 0 fully saturated rings. The average Bonchev–Trinajstić information content (AvgIpc) is 3.40. The van der Waals surface area contributed by atoms with Crippen LogP contribution in [-0.2, 0) is 28.9 Å². The molecule has 188 valence electrons. The van der Waals surface area contributed by atoms with Crippen molar-refractivity contribution in [3.63, 3.8) is 0 Å². The van der Waals surface area contributed by atoms with Crippen LogP contribution in [0.15, 0.2) is 23.0 Å². The minimum atomic E-state index is -0.424. The first kappa shape index (κ1) is 24.5. The van der Waals surface area contributed by atoms with Gasteiger partial charge in [0.05, 0.1) is 27.8 Å². The number of thiophene rings is 1. The Morgan fingerprint density at radius 1 is 1.25 bits per heavy atom. The first-order valence-corrected chi connectivity index (χ1v) is 13.5. The zero-order valence-electron chi connectivity index (χ0n) is 20.6. The molecule has 0 spiro atoms. The second-order valence-electron chi connectivity index (χ2n) is 10.0. The third kappa shape index (κ3) is 4.64. The summed E-state index contributed by atoms with van der Waals surface area (Å²) in [6.45, 7) is 8.55. The molecule has 1 amide bonds. The molecule has 5 rings (SSSR count). The molecule has 0 saturated heterocycles. The molecule has 36 heavy (non-hydrogen) atoms. The molecule has 1 aromatic carbocycles. The van der Waals surface area contributed by atoms with E-state index in [0.717, 1.165) is 34.2 Å². The maximum Gasteiger partial charge on any atom is 0.338 e. The predicted molar refractivity (Wildman–Crippen MR) is 141 cm³/mol. The molecular formula is C25H27N5O4S2. The molecule has 1 aliphatic carbocycles. The van der Waals surface area contributed by atoms with Gasteiger partial charge >= 0.3 is 5.97 Å². The number of aryl methyl sites for hydroxylation is 1. The highest BCUT2D eigenvalue weighted by Crippen LogP contribution is 2.41. The van der Waals surface area contributed by atoms with Crippen molar-refractivity contribution in [3.8, 4) is 0 Å². The SMILES string of the molecule is CCOC(=O)c1ccc2nc(NC(=O)Cn3nnc4sc5c(c4c3=O)CCC(C(C)(C)C)C5)sc2c1. The lowest BCUT2D eigenvalue weighted by Crippen LogP contribution is -2.31. The number of nitrogens with one attached hydrogen (secondary N) is 1. The Kier molecular flexibility index (Phi) is 6.37. The summed E-state index contributed by atoms with van der Waals surface area (Å²) in [6, 6.07) is 5.04. The minimum absolute atomic E-state index is 0.207.